The molecule has 1 aromatic rings. The Balaban J connectivity index is 0.00000272. The number of carbonyl (C=O) groups is 4. The van der Waals surface area contributed by atoms with Gasteiger partial charge in [0.2, 0.25) is 0 Å². The molecule has 2 heterocycles. The second kappa shape index (κ2) is 8.79. The fourth-order valence-electron chi connectivity index (χ4n) is 4.00. The van der Waals surface area contributed by atoms with Crippen molar-refractivity contribution in [2.75, 3.05) is 12.0 Å². The summed E-state index contributed by atoms with van der Waals surface area (Å²) >= 11 is 0. The van der Waals surface area contributed by atoms with Crippen molar-refractivity contribution in [2.45, 2.75) is 51.7 Å². The predicted molar refractivity (Wildman–Crippen MR) is 106 cm³/mol. The average molecular weight is 472 g/mol. The van der Waals surface area contributed by atoms with E-state index in [4.69, 9.17) is 9.47 Å². The average Bonchev–Trinajstić information content (AvgIpc) is 2.93. The Morgan fingerprint density at radius 2 is 1.68 bits per heavy atom. The number of fused-ring (bicyclic) bond motifs is 1. The first-order valence-electron chi connectivity index (χ1n) is 10.1. The fourth-order valence-corrected chi connectivity index (χ4v) is 4.00. The van der Waals surface area contributed by atoms with Crippen molar-refractivity contribution in [2.24, 2.45) is 11.0 Å². The molecule has 2 amide bonds. The van der Waals surface area contributed by atoms with Crippen molar-refractivity contribution < 1.29 is 45.1 Å². The summed E-state index contributed by atoms with van der Waals surface area (Å²) in [4.78, 5) is 51.3. The molecule has 0 aromatic heterocycles. The van der Waals surface area contributed by atoms with Gasteiger partial charge in [-0.3, -0.25) is 19.9 Å². The summed E-state index contributed by atoms with van der Waals surface area (Å²) in [6.07, 6.45) is 3.56. The molecule has 1 aliphatic carbocycles. The molecule has 4 rings (SSSR count). The van der Waals surface area contributed by atoms with Gasteiger partial charge in [-0.25, -0.2) is 9.59 Å². The Labute approximate surface area is 189 Å². The molecule has 1 aromatic carbocycles. The minimum Gasteiger partial charge on any atom is -0.417 e. The van der Waals surface area contributed by atoms with Crippen molar-refractivity contribution >= 4 is 35.2 Å². The van der Waals surface area contributed by atoms with Crippen LogP contribution in [-0.2, 0) is 35.6 Å². The third kappa shape index (κ3) is 4.21. The molecule has 0 unspecified atom stereocenters. The molecule has 3 aliphatic rings. The number of anilines is 1. The van der Waals surface area contributed by atoms with E-state index in [1.807, 2.05) is 13.8 Å². The SMILES string of the molecule is CC(C)CN1C(=O)c2cccc(NN=C3C(=O)OC4(CCCCC4)OC3=O)c2C1=O.[Ni+2]. The number of ether oxygens (including phenoxy) is 2. The van der Waals surface area contributed by atoms with Crippen LogP contribution in [0.15, 0.2) is 23.3 Å². The molecular formula is C21H23N3NiO6+2. The van der Waals surface area contributed by atoms with Gasteiger partial charge < -0.3 is 9.47 Å². The third-order valence-electron chi connectivity index (χ3n) is 5.39. The van der Waals surface area contributed by atoms with E-state index in [1.54, 1.807) is 18.2 Å². The largest absolute Gasteiger partial charge is 2.00 e. The molecule has 0 radical (unpaired) electrons. The van der Waals surface area contributed by atoms with E-state index in [0.717, 1.165) is 19.3 Å². The number of esters is 2. The fraction of sp³-hybridized carbons (Fsp3) is 0.476. The topological polar surface area (TPSA) is 114 Å². The molecule has 1 saturated heterocycles. The molecule has 2 fully saturated rings. The maximum absolute atomic E-state index is 12.8. The van der Waals surface area contributed by atoms with Gasteiger partial charge in [0.15, 0.2) is 0 Å². The molecular weight excluding hydrogens is 449 g/mol. The number of hydrogen-bond donors (Lipinski definition) is 1. The number of amides is 2. The number of rotatable bonds is 4. The quantitative estimate of drug-likeness (QED) is 0.310. The van der Waals surface area contributed by atoms with Gasteiger partial charge in [-0.1, -0.05) is 26.3 Å². The summed E-state index contributed by atoms with van der Waals surface area (Å²) < 4.78 is 10.8. The maximum Gasteiger partial charge on any atom is 2.00 e. The van der Waals surface area contributed by atoms with E-state index in [1.165, 1.54) is 4.90 Å². The van der Waals surface area contributed by atoms with E-state index in [2.05, 4.69) is 10.5 Å². The molecule has 0 atom stereocenters. The second-order valence-corrected chi connectivity index (χ2v) is 8.17. The maximum atomic E-state index is 12.8. The van der Waals surface area contributed by atoms with Gasteiger partial charge in [-0.15, -0.1) is 0 Å². The van der Waals surface area contributed by atoms with Crippen molar-refractivity contribution in [3.8, 4) is 0 Å². The number of imide groups is 1. The van der Waals surface area contributed by atoms with E-state index in [9.17, 15) is 19.2 Å². The van der Waals surface area contributed by atoms with Gasteiger partial charge in [-0.05, 0) is 30.9 Å². The Bertz CT molecular complexity index is 946. The number of hydrogen-bond acceptors (Lipinski definition) is 8. The molecule has 1 spiro atoms. The summed E-state index contributed by atoms with van der Waals surface area (Å²) in [5.41, 5.74) is 2.69. The number of nitrogens with zero attached hydrogens (tertiary/aromatic N) is 2. The predicted octanol–water partition coefficient (Wildman–Crippen LogP) is 2.46. The van der Waals surface area contributed by atoms with Gasteiger partial charge >= 0.3 is 28.4 Å². The minimum atomic E-state index is -1.20. The standard InChI is InChI=1S/C21H23N3O6.Ni/c1-12(2)11-24-17(25)13-7-6-8-14(15(13)18(24)26)22-23-16-19(27)29-21(30-20(16)28)9-4-3-5-10-21;/h6-8,12,22H,3-5,9-11H2,1-2H3;/q;+2. The Kier molecular flexibility index (Phi) is 6.50. The molecule has 2 aliphatic heterocycles. The van der Waals surface area contributed by atoms with E-state index < -0.39 is 29.3 Å². The van der Waals surface area contributed by atoms with Crippen molar-refractivity contribution in [3.63, 3.8) is 0 Å². The molecule has 0 bridgehead atoms. The molecule has 1 N–H and O–H groups in total. The summed E-state index contributed by atoms with van der Waals surface area (Å²) in [5.74, 6) is -3.63. The summed E-state index contributed by atoms with van der Waals surface area (Å²) in [6.45, 7) is 4.11. The molecule has 31 heavy (non-hydrogen) atoms. The number of hydrazone groups is 1. The number of carbonyl (C=O) groups excluding carboxylic acids is 4. The third-order valence-corrected chi connectivity index (χ3v) is 5.39. The first-order valence-corrected chi connectivity index (χ1v) is 10.1. The summed E-state index contributed by atoms with van der Waals surface area (Å²) in [6, 6.07) is 4.71. The van der Waals surface area contributed by atoms with Gasteiger partial charge in [0.1, 0.15) is 0 Å². The van der Waals surface area contributed by atoms with Crippen LogP contribution < -0.4 is 5.43 Å². The minimum absolute atomic E-state index is 0. The van der Waals surface area contributed by atoms with E-state index >= 15 is 0 Å². The zero-order valence-electron chi connectivity index (χ0n) is 17.2. The van der Waals surface area contributed by atoms with Crippen LogP contribution in [0.25, 0.3) is 0 Å². The molecule has 9 nitrogen and oxygen atoms in total. The van der Waals surface area contributed by atoms with Crippen LogP contribution in [0.1, 0.15) is 66.7 Å². The molecule has 1 saturated carbocycles. The zero-order valence-corrected chi connectivity index (χ0v) is 18.2. The van der Waals surface area contributed by atoms with Gasteiger partial charge in [0.25, 0.3) is 23.3 Å². The van der Waals surface area contributed by atoms with Gasteiger partial charge in [0.05, 0.1) is 16.8 Å². The normalized spacial score (nSPS) is 19.7. The van der Waals surface area contributed by atoms with Crippen molar-refractivity contribution in [1.82, 2.24) is 4.90 Å². The summed E-state index contributed by atoms with van der Waals surface area (Å²) in [7, 11) is 0. The van der Waals surface area contributed by atoms with Crippen LogP contribution in [0.3, 0.4) is 0 Å². The van der Waals surface area contributed by atoms with Crippen molar-refractivity contribution in [1.29, 1.82) is 0 Å². The zero-order chi connectivity index (χ0) is 21.5. The Morgan fingerprint density at radius 3 is 2.29 bits per heavy atom. The Morgan fingerprint density at radius 1 is 1.03 bits per heavy atom. The van der Waals surface area contributed by atoms with E-state index in [-0.39, 0.29) is 45.1 Å². The molecule has 166 valence electrons. The second-order valence-electron chi connectivity index (χ2n) is 8.17. The first kappa shape index (κ1) is 22.9. The smallest absolute Gasteiger partial charge is 0.417 e. The Hall–Kier alpha value is -2.74. The van der Waals surface area contributed by atoms with Crippen LogP contribution >= 0.6 is 0 Å². The van der Waals surface area contributed by atoms with E-state index in [0.29, 0.717) is 19.4 Å². The van der Waals surface area contributed by atoms with Crippen molar-refractivity contribution in [3.05, 3.63) is 29.3 Å². The van der Waals surface area contributed by atoms with Crippen LogP contribution in [0.4, 0.5) is 5.69 Å². The van der Waals surface area contributed by atoms with Crippen LogP contribution in [-0.4, -0.2) is 46.7 Å². The number of benzene rings is 1. The van der Waals surface area contributed by atoms with Gasteiger partial charge in [-0.2, -0.15) is 5.10 Å². The summed E-state index contributed by atoms with van der Waals surface area (Å²) in [5, 5.41) is 3.85. The first-order chi connectivity index (χ1) is 14.3. The monoisotopic (exact) mass is 471 g/mol. The van der Waals surface area contributed by atoms with Gasteiger partial charge in [0, 0.05) is 19.4 Å². The van der Waals surface area contributed by atoms with Crippen LogP contribution in [0.5, 0.6) is 0 Å². The number of nitrogens with one attached hydrogen (secondary N) is 1. The van der Waals surface area contributed by atoms with Crippen LogP contribution in [0.2, 0.25) is 0 Å². The molecule has 10 heteroatoms. The van der Waals surface area contributed by atoms with Crippen LogP contribution in [0, 0.1) is 5.92 Å².